The minimum Gasteiger partial charge on any atom is -0.0914 e. The highest BCUT2D eigenvalue weighted by Gasteiger charge is 2.39. The Morgan fingerprint density at radius 2 is 2.25 bits per heavy atom. The molecule has 0 aromatic rings. The van der Waals surface area contributed by atoms with Gasteiger partial charge in [-0.15, -0.1) is 0 Å². The van der Waals surface area contributed by atoms with Crippen LogP contribution >= 0.6 is 0 Å². The van der Waals surface area contributed by atoms with E-state index in [0.717, 1.165) is 5.92 Å². The van der Waals surface area contributed by atoms with E-state index in [9.17, 15) is 0 Å². The van der Waals surface area contributed by atoms with Crippen LogP contribution in [0.1, 0.15) is 52.9 Å². The lowest BCUT2D eigenvalue weighted by Gasteiger charge is -2.46. The first-order chi connectivity index (χ1) is 5.73. The Hall–Kier alpha value is -0.260. The molecule has 0 nitrogen and oxygen atoms in total. The van der Waals surface area contributed by atoms with Crippen LogP contribution in [0.2, 0.25) is 0 Å². The van der Waals surface area contributed by atoms with Gasteiger partial charge in [0.15, 0.2) is 0 Å². The molecular weight excluding hydrogens is 144 g/mol. The molecule has 0 aromatic carbocycles. The maximum Gasteiger partial charge on any atom is -0.0179 e. The van der Waals surface area contributed by atoms with Crippen molar-refractivity contribution < 1.29 is 0 Å². The summed E-state index contributed by atoms with van der Waals surface area (Å²) in [6.07, 6.45) is 11.7. The predicted molar refractivity (Wildman–Crippen MR) is 55.2 cm³/mol. The van der Waals surface area contributed by atoms with Crippen molar-refractivity contribution in [1.29, 1.82) is 0 Å². The van der Waals surface area contributed by atoms with Crippen molar-refractivity contribution in [3.05, 3.63) is 12.2 Å². The number of hydrogen-bond acceptors (Lipinski definition) is 0. The third-order valence-electron chi connectivity index (χ3n) is 3.45. The molecule has 0 N–H and O–H groups in total. The zero-order valence-corrected chi connectivity index (χ0v) is 8.77. The molecule has 0 saturated heterocycles. The maximum atomic E-state index is 2.46. The Morgan fingerprint density at radius 1 is 1.50 bits per heavy atom. The average molecular weight is 166 g/mol. The van der Waals surface area contributed by atoms with Crippen molar-refractivity contribution in [3.8, 4) is 0 Å². The van der Waals surface area contributed by atoms with E-state index in [1.807, 2.05) is 0 Å². The highest BCUT2D eigenvalue weighted by atomic mass is 14.4. The fourth-order valence-electron chi connectivity index (χ4n) is 2.26. The van der Waals surface area contributed by atoms with Gasteiger partial charge in [0.2, 0.25) is 0 Å². The van der Waals surface area contributed by atoms with Crippen molar-refractivity contribution in [2.75, 3.05) is 0 Å². The Bertz CT molecular complexity index is 157. The van der Waals surface area contributed by atoms with Crippen LogP contribution in [-0.2, 0) is 0 Å². The monoisotopic (exact) mass is 166 g/mol. The molecule has 12 heavy (non-hydrogen) atoms. The first-order valence-electron chi connectivity index (χ1n) is 5.36. The Morgan fingerprint density at radius 3 is 2.67 bits per heavy atom. The van der Waals surface area contributed by atoms with Gasteiger partial charge in [-0.1, -0.05) is 38.8 Å². The second-order valence-electron chi connectivity index (χ2n) is 4.43. The van der Waals surface area contributed by atoms with Gasteiger partial charge < -0.3 is 0 Å². The Balaban J connectivity index is 2.37. The van der Waals surface area contributed by atoms with E-state index in [-0.39, 0.29) is 0 Å². The maximum absolute atomic E-state index is 2.46. The normalized spacial score (nSPS) is 35.4. The lowest BCUT2D eigenvalue weighted by atomic mass is 9.59. The molecule has 2 unspecified atom stereocenters. The summed E-state index contributed by atoms with van der Waals surface area (Å²) >= 11 is 0. The van der Waals surface area contributed by atoms with Gasteiger partial charge in [0.05, 0.1) is 0 Å². The number of unbranched alkanes of at least 4 members (excludes halogenated alkanes) is 1. The van der Waals surface area contributed by atoms with E-state index in [1.54, 1.807) is 0 Å². The number of hydrogen-bond donors (Lipinski definition) is 0. The molecule has 70 valence electrons. The fraction of sp³-hybridized carbons (Fsp3) is 0.833. The van der Waals surface area contributed by atoms with Crippen molar-refractivity contribution in [3.63, 3.8) is 0 Å². The van der Waals surface area contributed by atoms with Crippen LogP contribution in [0.25, 0.3) is 0 Å². The Kier molecular flexibility index (Phi) is 3.37. The zero-order valence-electron chi connectivity index (χ0n) is 8.77. The largest absolute Gasteiger partial charge is 0.0914 e. The molecule has 1 fully saturated rings. The molecule has 2 atom stereocenters. The standard InChI is InChI=1S/C12H22/c1-4-6-9-12(3)10-8-11(12)7-5-2/h5,7,11H,4,6,8-10H2,1-3H3. The van der Waals surface area contributed by atoms with Gasteiger partial charge in [0.1, 0.15) is 0 Å². The summed E-state index contributed by atoms with van der Waals surface area (Å²) in [6.45, 7) is 6.88. The minimum atomic E-state index is 0.655. The molecule has 1 rings (SSSR count). The molecule has 0 aliphatic heterocycles. The van der Waals surface area contributed by atoms with Crippen LogP contribution in [-0.4, -0.2) is 0 Å². The van der Waals surface area contributed by atoms with Crippen LogP contribution in [0.4, 0.5) is 0 Å². The third kappa shape index (κ3) is 1.91. The number of allylic oxidation sites excluding steroid dienone is 2. The minimum absolute atomic E-state index is 0.655. The highest BCUT2D eigenvalue weighted by molar-refractivity contribution is 5.02. The van der Waals surface area contributed by atoms with Crippen LogP contribution in [0.15, 0.2) is 12.2 Å². The summed E-state index contributed by atoms with van der Waals surface area (Å²) in [5.41, 5.74) is 0.655. The first kappa shape index (κ1) is 9.83. The summed E-state index contributed by atoms with van der Waals surface area (Å²) in [4.78, 5) is 0. The third-order valence-corrected chi connectivity index (χ3v) is 3.45. The van der Waals surface area contributed by atoms with Crippen molar-refractivity contribution in [1.82, 2.24) is 0 Å². The van der Waals surface area contributed by atoms with Gasteiger partial charge in [-0.05, 0) is 37.5 Å². The van der Waals surface area contributed by atoms with Gasteiger partial charge in [-0.2, -0.15) is 0 Å². The second kappa shape index (κ2) is 4.11. The highest BCUT2D eigenvalue weighted by Crippen LogP contribution is 2.50. The molecular formula is C12H22. The molecule has 1 aliphatic carbocycles. The first-order valence-corrected chi connectivity index (χ1v) is 5.36. The Labute approximate surface area is 77.1 Å². The zero-order chi connectivity index (χ0) is 9.03. The quantitative estimate of drug-likeness (QED) is 0.550. The van der Waals surface area contributed by atoms with Crippen molar-refractivity contribution in [2.24, 2.45) is 11.3 Å². The van der Waals surface area contributed by atoms with Crippen LogP contribution < -0.4 is 0 Å². The van der Waals surface area contributed by atoms with E-state index in [1.165, 1.54) is 32.1 Å². The second-order valence-corrected chi connectivity index (χ2v) is 4.43. The van der Waals surface area contributed by atoms with Crippen molar-refractivity contribution in [2.45, 2.75) is 52.9 Å². The summed E-state index contributed by atoms with van der Waals surface area (Å²) < 4.78 is 0. The molecule has 0 heterocycles. The van der Waals surface area contributed by atoms with Gasteiger partial charge in [-0.25, -0.2) is 0 Å². The molecule has 1 aliphatic rings. The molecule has 0 amide bonds. The molecule has 0 bridgehead atoms. The molecule has 1 saturated carbocycles. The van der Waals surface area contributed by atoms with E-state index >= 15 is 0 Å². The van der Waals surface area contributed by atoms with E-state index in [0.29, 0.717) is 5.41 Å². The topological polar surface area (TPSA) is 0 Å². The summed E-state index contributed by atoms with van der Waals surface area (Å²) in [7, 11) is 0. The van der Waals surface area contributed by atoms with Gasteiger partial charge >= 0.3 is 0 Å². The van der Waals surface area contributed by atoms with Gasteiger partial charge in [0.25, 0.3) is 0 Å². The lowest BCUT2D eigenvalue weighted by molar-refractivity contribution is 0.0747. The SMILES string of the molecule is CC=CC1CCC1(C)CCCC. The van der Waals surface area contributed by atoms with E-state index < -0.39 is 0 Å². The average Bonchev–Trinajstić information content (AvgIpc) is 2.08. The molecule has 0 aromatic heterocycles. The summed E-state index contributed by atoms with van der Waals surface area (Å²) in [5.74, 6) is 0.883. The number of rotatable bonds is 4. The van der Waals surface area contributed by atoms with Crippen LogP contribution in [0.3, 0.4) is 0 Å². The lowest BCUT2D eigenvalue weighted by Crippen LogP contribution is -2.36. The summed E-state index contributed by atoms with van der Waals surface area (Å²) in [6, 6.07) is 0. The van der Waals surface area contributed by atoms with Gasteiger partial charge in [0, 0.05) is 0 Å². The van der Waals surface area contributed by atoms with Crippen LogP contribution in [0, 0.1) is 11.3 Å². The molecule has 0 spiro atoms. The van der Waals surface area contributed by atoms with Crippen molar-refractivity contribution >= 4 is 0 Å². The fourth-order valence-corrected chi connectivity index (χ4v) is 2.26. The van der Waals surface area contributed by atoms with Crippen LogP contribution in [0.5, 0.6) is 0 Å². The smallest absolute Gasteiger partial charge is 0.0179 e. The van der Waals surface area contributed by atoms with Gasteiger partial charge in [-0.3, -0.25) is 0 Å². The molecule has 0 radical (unpaired) electrons. The van der Waals surface area contributed by atoms with E-state index in [4.69, 9.17) is 0 Å². The summed E-state index contributed by atoms with van der Waals surface area (Å²) in [5, 5.41) is 0. The predicted octanol–water partition coefficient (Wildman–Crippen LogP) is 4.17. The van der Waals surface area contributed by atoms with E-state index in [2.05, 4.69) is 32.9 Å². The molecule has 0 heteroatoms.